The van der Waals surface area contributed by atoms with Crippen LogP contribution in [0.15, 0.2) is 26.9 Å². The average Bonchev–Trinajstić information content (AvgIpc) is 2.90. The Labute approximate surface area is 137 Å². The third-order valence-electron chi connectivity index (χ3n) is 5.35. The van der Waals surface area contributed by atoms with E-state index in [0.29, 0.717) is 12.5 Å². The lowest BCUT2D eigenvalue weighted by molar-refractivity contribution is 0.233. The van der Waals surface area contributed by atoms with E-state index in [4.69, 9.17) is 9.73 Å². The van der Waals surface area contributed by atoms with Crippen molar-refractivity contribution in [3.05, 3.63) is 21.9 Å². The van der Waals surface area contributed by atoms with Gasteiger partial charge in [0.05, 0.1) is 6.04 Å². The molecule has 1 N–H and O–H groups in total. The van der Waals surface area contributed by atoms with Crippen LogP contribution in [0, 0.1) is 11.3 Å². The van der Waals surface area contributed by atoms with Crippen LogP contribution in [0.1, 0.15) is 48.5 Å². The maximum absolute atomic E-state index is 5.85. The molecule has 0 saturated carbocycles. The van der Waals surface area contributed by atoms with Crippen molar-refractivity contribution in [3.63, 3.8) is 0 Å². The molecule has 124 valence electrons. The zero-order chi connectivity index (χ0) is 16.9. The fourth-order valence-electron chi connectivity index (χ4n) is 3.54. The molecular weight excluding hydrogens is 288 g/mol. The van der Waals surface area contributed by atoms with Gasteiger partial charge in [0.1, 0.15) is 6.61 Å². The van der Waals surface area contributed by atoms with E-state index in [2.05, 4.69) is 66.5 Å². The number of hydrogen-bond donors (Lipinski definition) is 1. The minimum atomic E-state index is -1.82. The summed E-state index contributed by atoms with van der Waals surface area (Å²) in [4.78, 5) is 8.46. The maximum atomic E-state index is 5.85. The average molecular weight is 321 g/mol. The van der Waals surface area contributed by atoms with Crippen LogP contribution in [0.3, 0.4) is 0 Å². The van der Waals surface area contributed by atoms with Crippen LogP contribution in [0.2, 0.25) is 13.1 Å². The normalized spacial score (nSPS) is 26.5. The largest absolute Gasteiger partial charge is 0.464 e. The summed E-state index contributed by atoms with van der Waals surface area (Å²) in [7, 11) is -1.82. The topological polar surface area (TPSA) is 33.6 Å². The predicted octanol–water partition coefficient (Wildman–Crippen LogP) is 4.42. The molecule has 1 aliphatic carbocycles. The molecule has 0 radical (unpaired) electrons. The van der Waals surface area contributed by atoms with E-state index in [0.717, 1.165) is 6.02 Å². The smallest absolute Gasteiger partial charge is 0.277 e. The number of amidine groups is 1. The fraction of sp³-hybridized carbons (Fsp3) is 0.722. The molecule has 1 unspecified atom stereocenters. The van der Waals surface area contributed by atoms with Crippen LogP contribution >= 0.6 is 0 Å². The van der Waals surface area contributed by atoms with E-state index in [9.17, 15) is 0 Å². The van der Waals surface area contributed by atoms with Gasteiger partial charge in [0, 0.05) is 0 Å². The molecule has 3 nitrogen and oxygen atoms in total. The highest BCUT2D eigenvalue weighted by molar-refractivity contribution is 6.84. The van der Waals surface area contributed by atoms with Gasteiger partial charge in [0.15, 0.2) is 8.24 Å². The number of nitrogens with zero attached hydrogens (tertiary/aromatic N) is 1. The summed E-state index contributed by atoms with van der Waals surface area (Å²) < 4.78 is 5.85. The van der Waals surface area contributed by atoms with Crippen LogP contribution in [0.4, 0.5) is 0 Å². The summed E-state index contributed by atoms with van der Waals surface area (Å²) in [5, 5.41) is 1.54. The molecule has 0 aromatic rings. The zero-order valence-corrected chi connectivity index (χ0v) is 16.7. The number of allylic oxidation sites excluding steroid dienone is 4. The number of ether oxygens (including phenoxy) is 1. The molecule has 0 aromatic heterocycles. The summed E-state index contributed by atoms with van der Waals surface area (Å²) >= 11 is 0. The van der Waals surface area contributed by atoms with Gasteiger partial charge in [-0.05, 0) is 50.4 Å². The second kappa shape index (κ2) is 5.55. The zero-order valence-electron chi connectivity index (χ0n) is 15.7. The number of aliphatic imine (C=N–C) groups is 1. The highest BCUT2D eigenvalue weighted by Crippen LogP contribution is 2.40. The van der Waals surface area contributed by atoms with Gasteiger partial charge in [-0.3, -0.25) is 0 Å². The fourth-order valence-corrected chi connectivity index (χ4v) is 6.67. The first kappa shape index (κ1) is 17.3. The SMILES string of the molecule is CC1=C(C)C(C)C(C)=C1[Si](C)(C)NC1=N[C@@H](C(C)(C)C)CO1. The Kier molecular flexibility index (Phi) is 4.37. The molecule has 2 aliphatic rings. The maximum Gasteiger partial charge on any atom is 0.277 e. The molecule has 1 aliphatic heterocycles. The lowest BCUT2D eigenvalue weighted by Gasteiger charge is -2.28. The standard InChI is InChI=1S/C18H32N2OSi/c1-11-12(2)14(4)16(13(11)3)22(8,9)20-17-19-15(10-21-17)18(5,6)7/h11,15H,10H2,1-9H3,(H,19,20)/t11?,15-/m1/s1. The Morgan fingerprint density at radius 2 is 1.73 bits per heavy atom. The van der Waals surface area contributed by atoms with E-state index in [1.807, 2.05) is 0 Å². The minimum absolute atomic E-state index is 0.151. The van der Waals surface area contributed by atoms with Crippen LogP contribution in [0.5, 0.6) is 0 Å². The number of nitrogens with one attached hydrogen (secondary N) is 1. The summed E-state index contributed by atoms with van der Waals surface area (Å²) in [5.74, 6) is 0.567. The van der Waals surface area contributed by atoms with Crippen molar-refractivity contribution in [2.75, 3.05) is 6.61 Å². The Hall–Kier alpha value is -1.03. The Bertz CT molecular complexity index is 564. The number of hydrogen-bond acceptors (Lipinski definition) is 3. The van der Waals surface area contributed by atoms with E-state index in [1.54, 1.807) is 5.20 Å². The highest BCUT2D eigenvalue weighted by atomic mass is 28.3. The van der Waals surface area contributed by atoms with Crippen LogP contribution in [-0.2, 0) is 4.74 Å². The first-order chi connectivity index (χ1) is 9.95. The van der Waals surface area contributed by atoms with Crippen molar-refractivity contribution in [3.8, 4) is 0 Å². The number of rotatable bonds is 2. The van der Waals surface area contributed by atoms with Gasteiger partial charge in [0.2, 0.25) is 0 Å². The Morgan fingerprint density at radius 1 is 1.14 bits per heavy atom. The summed E-state index contributed by atoms with van der Waals surface area (Å²) in [5.41, 5.74) is 4.65. The molecule has 2 rings (SSSR count). The molecule has 0 amide bonds. The molecule has 0 aromatic carbocycles. The molecule has 2 atom stereocenters. The summed E-state index contributed by atoms with van der Waals surface area (Å²) in [6.45, 7) is 21.2. The third kappa shape index (κ3) is 3.03. The molecular formula is C18H32N2OSi. The second-order valence-electron chi connectivity index (χ2n) is 8.46. The van der Waals surface area contributed by atoms with E-state index >= 15 is 0 Å². The molecule has 0 saturated heterocycles. The third-order valence-corrected chi connectivity index (χ3v) is 8.21. The van der Waals surface area contributed by atoms with Gasteiger partial charge >= 0.3 is 0 Å². The molecule has 4 heteroatoms. The minimum Gasteiger partial charge on any atom is -0.464 e. The van der Waals surface area contributed by atoms with Crippen LogP contribution < -0.4 is 4.98 Å². The predicted molar refractivity (Wildman–Crippen MR) is 97.5 cm³/mol. The monoisotopic (exact) mass is 320 g/mol. The lowest BCUT2D eigenvalue weighted by atomic mass is 9.88. The van der Waals surface area contributed by atoms with Crippen molar-refractivity contribution in [2.45, 2.75) is 67.6 Å². The van der Waals surface area contributed by atoms with Crippen molar-refractivity contribution in [1.29, 1.82) is 0 Å². The molecule has 0 bridgehead atoms. The van der Waals surface area contributed by atoms with Gasteiger partial charge < -0.3 is 9.72 Å². The summed E-state index contributed by atoms with van der Waals surface area (Å²) in [6, 6.07) is 0.998. The Morgan fingerprint density at radius 3 is 2.14 bits per heavy atom. The van der Waals surface area contributed by atoms with Crippen molar-refractivity contribution >= 4 is 14.3 Å². The Balaban J connectivity index is 2.23. The first-order valence-corrected chi connectivity index (χ1v) is 11.3. The van der Waals surface area contributed by atoms with Crippen molar-refractivity contribution in [2.24, 2.45) is 16.3 Å². The van der Waals surface area contributed by atoms with Gasteiger partial charge in [-0.1, -0.05) is 44.4 Å². The van der Waals surface area contributed by atoms with Gasteiger partial charge in [-0.25, -0.2) is 4.99 Å². The van der Waals surface area contributed by atoms with Crippen molar-refractivity contribution in [1.82, 2.24) is 4.98 Å². The van der Waals surface area contributed by atoms with E-state index < -0.39 is 8.24 Å². The van der Waals surface area contributed by atoms with Crippen molar-refractivity contribution < 1.29 is 4.74 Å². The quantitative estimate of drug-likeness (QED) is 0.764. The van der Waals surface area contributed by atoms with Crippen LogP contribution in [0.25, 0.3) is 0 Å². The molecule has 0 fully saturated rings. The van der Waals surface area contributed by atoms with Crippen LogP contribution in [-0.4, -0.2) is 26.9 Å². The summed E-state index contributed by atoms with van der Waals surface area (Å²) in [6.07, 6.45) is 0. The van der Waals surface area contributed by atoms with Gasteiger partial charge in [-0.15, -0.1) is 0 Å². The molecule has 0 spiro atoms. The van der Waals surface area contributed by atoms with E-state index in [1.165, 1.54) is 16.7 Å². The first-order valence-electron chi connectivity index (χ1n) is 8.33. The van der Waals surface area contributed by atoms with Gasteiger partial charge in [0.25, 0.3) is 6.02 Å². The molecule has 1 heterocycles. The van der Waals surface area contributed by atoms with E-state index in [-0.39, 0.29) is 11.5 Å². The lowest BCUT2D eigenvalue weighted by Crippen LogP contribution is -2.50. The molecule has 22 heavy (non-hydrogen) atoms. The van der Waals surface area contributed by atoms with Gasteiger partial charge in [-0.2, -0.15) is 0 Å². The highest BCUT2D eigenvalue weighted by Gasteiger charge is 2.38. The second-order valence-corrected chi connectivity index (χ2v) is 12.5.